The second-order valence-corrected chi connectivity index (χ2v) is 6.38. The largest absolute Gasteiger partial charge is 0.497 e. The lowest BCUT2D eigenvalue weighted by Crippen LogP contribution is -2.25. The van der Waals surface area contributed by atoms with E-state index in [0.29, 0.717) is 18.1 Å². The Morgan fingerprint density at radius 1 is 0.964 bits per heavy atom. The smallest absolute Gasteiger partial charge is 0.287 e. The third kappa shape index (κ3) is 4.34. The van der Waals surface area contributed by atoms with Crippen molar-refractivity contribution in [2.24, 2.45) is 0 Å². The zero-order valence-corrected chi connectivity index (χ0v) is 16.4. The first-order chi connectivity index (χ1) is 13.7. The minimum absolute atomic E-state index is 0.206. The maximum Gasteiger partial charge on any atom is 0.287 e. The molecule has 0 radical (unpaired) electrons. The van der Waals surface area contributed by atoms with Crippen LogP contribution >= 0.6 is 0 Å². The van der Waals surface area contributed by atoms with Crippen LogP contribution < -0.4 is 14.8 Å². The van der Waals surface area contributed by atoms with Crippen molar-refractivity contribution in [3.8, 4) is 34.0 Å². The number of rotatable bonds is 8. The van der Waals surface area contributed by atoms with Crippen LogP contribution in [0.3, 0.4) is 0 Å². The number of amides is 1. The zero-order valence-electron chi connectivity index (χ0n) is 16.4. The van der Waals surface area contributed by atoms with E-state index in [2.05, 4.69) is 22.2 Å². The van der Waals surface area contributed by atoms with Gasteiger partial charge in [-0.3, -0.25) is 4.79 Å². The quantitative estimate of drug-likeness (QED) is 0.573. The van der Waals surface area contributed by atoms with Crippen LogP contribution in [0.1, 0.15) is 30.4 Å². The van der Waals surface area contributed by atoms with Crippen LogP contribution in [-0.2, 0) is 0 Å². The highest BCUT2D eigenvalue weighted by Crippen LogP contribution is 2.32. The molecule has 0 aliphatic carbocycles. The van der Waals surface area contributed by atoms with Crippen LogP contribution in [0, 0.1) is 0 Å². The summed E-state index contributed by atoms with van der Waals surface area (Å²) in [6.07, 6.45) is 1.95. The van der Waals surface area contributed by atoms with E-state index in [9.17, 15) is 4.79 Å². The molecule has 0 saturated heterocycles. The molecule has 0 fully saturated rings. The fourth-order valence-corrected chi connectivity index (χ4v) is 2.87. The summed E-state index contributed by atoms with van der Waals surface area (Å²) in [7, 11) is 3.26. The summed E-state index contributed by atoms with van der Waals surface area (Å²) in [4.78, 5) is 20.3. The van der Waals surface area contributed by atoms with Crippen molar-refractivity contribution in [3.63, 3.8) is 0 Å². The minimum Gasteiger partial charge on any atom is -0.497 e. The first kappa shape index (κ1) is 19.5. The molecule has 0 spiro atoms. The van der Waals surface area contributed by atoms with Crippen molar-refractivity contribution in [1.29, 1.82) is 0 Å². The van der Waals surface area contributed by atoms with Gasteiger partial charge in [0.25, 0.3) is 5.91 Å². The van der Waals surface area contributed by atoms with E-state index >= 15 is 0 Å². The molecule has 1 heterocycles. The summed E-state index contributed by atoms with van der Waals surface area (Å²) in [5, 5.41) is 2.91. The van der Waals surface area contributed by atoms with Crippen molar-refractivity contribution >= 4 is 5.91 Å². The lowest BCUT2D eigenvalue weighted by Gasteiger charge is -2.06. The van der Waals surface area contributed by atoms with E-state index < -0.39 is 0 Å². The molecule has 3 aromatic rings. The number of carbonyl (C=O) groups excluding carboxylic acids is 1. The molecule has 6 heteroatoms. The Balaban J connectivity index is 2.00. The summed E-state index contributed by atoms with van der Waals surface area (Å²) in [6.45, 7) is 2.72. The van der Waals surface area contributed by atoms with Gasteiger partial charge in [-0.1, -0.05) is 13.3 Å². The number of imidazole rings is 1. The first-order valence-electron chi connectivity index (χ1n) is 9.33. The molecular formula is C22H25N3O3. The number of unbranched alkanes of at least 4 members (excludes halogenated alkanes) is 1. The van der Waals surface area contributed by atoms with Crippen LogP contribution in [0.25, 0.3) is 22.5 Å². The van der Waals surface area contributed by atoms with E-state index in [1.165, 1.54) is 0 Å². The summed E-state index contributed by atoms with van der Waals surface area (Å²) in [6, 6.07) is 15.3. The van der Waals surface area contributed by atoms with E-state index in [4.69, 9.17) is 9.47 Å². The molecule has 1 amide bonds. The van der Waals surface area contributed by atoms with Gasteiger partial charge < -0.3 is 19.8 Å². The Kier molecular flexibility index (Phi) is 6.32. The highest BCUT2D eigenvalue weighted by atomic mass is 16.5. The fraction of sp³-hybridized carbons (Fsp3) is 0.273. The Labute approximate surface area is 164 Å². The number of hydrogen-bond acceptors (Lipinski definition) is 4. The number of H-pyrrole nitrogens is 1. The minimum atomic E-state index is -0.206. The van der Waals surface area contributed by atoms with Crippen molar-refractivity contribution in [2.45, 2.75) is 19.8 Å². The van der Waals surface area contributed by atoms with Gasteiger partial charge in [-0.2, -0.15) is 0 Å². The standard InChI is InChI=1S/C22H25N3O3/c1-4-5-14-23-22(26)21-24-19(15-6-10-17(27-2)11-7-15)20(25-21)16-8-12-18(28-3)13-9-16/h6-13H,4-5,14H2,1-3H3,(H,23,26)(H,24,25). The summed E-state index contributed by atoms with van der Waals surface area (Å²) in [5.41, 5.74) is 3.32. The van der Waals surface area contributed by atoms with Gasteiger partial charge in [-0.05, 0) is 55.0 Å². The van der Waals surface area contributed by atoms with Crippen LogP contribution in [-0.4, -0.2) is 36.6 Å². The highest BCUT2D eigenvalue weighted by molar-refractivity contribution is 5.93. The first-order valence-corrected chi connectivity index (χ1v) is 9.33. The predicted molar refractivity (Wildman–Crippen MR) is 110 cm³/mol. The van der Waals surface area contributed by atoms with Crippen LogP contribution in [0.5, 0.6) is 11.5 Å². The summed E-state index contributed by atoms with van der Waals surface area (Å²) < 4.78 is 10.5. The van der Waals surface area contributed by atoms with Gasteiger partial charge >= 0.3 is 0 Å². The number of nitrogens with one attached hydrogen (secondary N) is 2. The topological polar surface area (TPSA) is 76.2 Å². The van der Waals surface area contributed by atoms with E-state index in [-0.39, 0.29) is 5.91 Å². The number of ether oxygens (including phenoxy) is 2. The second kappa shape index (κ2) is 9.08. The van der Waals surface area contributed by atoms with Gasteiger partial charge in [-0.15, -0.1) is 0 Å². The molecule has 0 aliphatic rings. The Morgan fingerprint density at radius 3 is 2.07 bits per heavy atom. The van der Waals surface area contributed by atoms with Gasteiger partial charge in [0.2, 0.25) is 0 Å². The van der Waals surface area contributed by atoms with E-state index in [0.717, 1.165) is 41.2 Å². The Hall–Kier alpha value is -3.28. The number of hydrogen-bond donors (Lipinski definition) is 2. The Morgan fingerprint density at radius 2 is 1.54 bits per heavy atom. The van der Waals surface area contributed by atoms with E-state index in [1.54, 1.807) is 14.2 Å². The van der Waals surface area contributed by atoms with Gasteiger partial charge in [0.15, 0.2) is 5.82 Å². The van der Waals surface area contributed by atoms with Gasteiger partial charge in [0.05, 0.1) is 25.6 Å². The van der Waals surface area contributed by atoms with Crippen LogP contribution in [0.2, 0.25) is 0 Å². The number of aromatic amines is 1. The number of nitrogens with zero attached hydrogens (tertiary/aromatic N) is 1. The molecule has 146 valence electrons. The highest BCUT2D eigenvalue weighted by Gasteiger charge is 2.18. The van der Waals surface area contributed by atoms with Crippen molar-refractivity contribution in [2.75, 3.05) is 20.8 Å². The maximum atomic E-state index is 12.5. The van der Waals surface area contributed by atoms with Gasteiger partial charge in [-0.25, -0.2) is 4.98 Å². The number of benzene rings is 2. The molecule has 2 N–H and O–H groups in total. The predicted octanol–water partition coefficient (Wildman–Crippen LogP) is 4.29. The van der Waals surface area contributed by atoms with Crippen molar-refractivity contribution < 1.29 is 14.3 Å². The summed E-state index contributed by atoms with van der Waals surface area (Å²) in [5.74, 6) is 1.63. The molecule has 0 bridgehead atoms. The molecule has 2 aromatic carbocycles. The van der Waals surface area contributed by atoms with Crippen molar-refractivity contribution in [1.82, 2.24) is 15.3 Å². The average Bonchev–Trinajstić information content (AvgIpc) is 3.19. The molecule has 0 atom stereocenters. The van der Waals surface area contributed by atoms with Crippen molar-refractivity contribution in [3.05, 3.63) is 54.4 Å². The number of aromatic nitrogens is 2. The van der Waals surface area contributed by atoms with Crippen LogP contribution in [0.15, 0.2) is 48.5 Å². The third-order valence-corrected chi connectivity index (χ3v) is 4.48. The lowest BCUT2D eigenvalue weighted by molar-refractivity contribution is 0.0944. The van der Waals surface area contributed by atoms with Gasteiger partial charge in [0, 0.05) is 17.7 Å². The van der Waals surface area contributed by atoms with Crippen LogP contribution in [0.4, 0.5) is 0 Å². The molecule has 0 aliphatic heterocycles. The lowest BCUT2D eigenvalue weighted by atomic mass is 10.0. The van der Waals surface area contributed by atoms with Gasteiger partial charge in [0.1, 0.15) is 11.5 Å². The number of carbonyl (C=O) groups is 1. The number of methoxy groups -OCH3 is 2. The van der Waals surface area contributed by atoms with E-state index in [1.807, 2.05) is 48.5 Å². The normalized spacial score (nSPS) is 10.5. The fourth-order valence-electron chi connectivity index (χ4n) is 2.87. The zero-order chi connectivity index (χ0) is 19.9. The average molecular weight is 379 g/mol. The third-order valence-electron chi connectivity index (χ3n) is 4.48. The molecule has 1 aromatic heterocycles. The molecule has 0 saturated carbocycles. The molecular weight excluding hydrogens is 354 g/mol. The Bertz CT molecular complexity index is 850. The molecule has 0 unspecified atom stereocenters. The maximum absolute atomic E-state index is 12.5. The SMILES string of the molecule is CCCCNC(=O)c1nc(-c2ccc(OC)cc2)c(-c2ccc(OC)cc2)[nH]1. The molecule has 6 nitrogen and oxygen atoms in total. The second-order valence-electron chi connectivity index (χ2n) is 6.38. The molecule has 28 heavy (non-hydrogen) atoms. The molecule has 3 rings (SSSR count). The monoisotopic (exact) mass is 379 g/mol. The summed E-state index contributed by atoms with van der Waals surface area (Å²) >= 11 is 0.